The Bertz CT molecular complexity index is 389. The first-order valence-electron chi connectivity index (χ1n) is 3.92. The lowest BCUT2D eigenvalue weighted by Gasteiger charge is -1.97. The number of benzene rings is 1. The Kier molecular flexibility index (Phi) is 3.08. The molecule has 2 rings (SSSR count). The molecule has 0 atom stereocenters. The van der Waals surface area contributed by atoms with Gasteiger partial charge >= 0.3 is 0 Å². The molecule has 0 bridgehead atoms. The van der Waals surface area contributed by atoms with Crippen LogP contribution in [0.25, 0.3) is 10.9 Å². The van der Waals surface area contributed by atoms with Crippen molar-refractivity contribution in [3.05, 3.63) is 36.5 Å². The summed E-state index contributed by atoms with van der Waals surface area (Å²) in [7, 11) is 2.00. The fourth-order valence-electron chi connectivity index (χ4n) is 1.47. The number of nitrogens with zero attached hydrogens (tertiary/aromatic N) is 1. The summed E-state index contributed by atoms with van der Waals surface area (Å²) in [4.78, 5) is 0. The van der Waals surface area contributed by atoms with Crippen molar-refractivity contribution in [3.63, 3.8) is 0 Å². The number of rotatable bonds is 0. The molecule has 1 heterocycles. The van der Waals surface area contributed by atoms with Crippen LogP contribution in [-0.4, -0.2) is 0 Å². The minimum atomic E-state index is 0. The van der Waals surface area contributed by atoms with Crippen molar-refractivity contribution in [2.75, 3.05) is 5.73 Å². The second kappa shape index (κ2) is 3.91. The SMILES string of the molecule is C[n+]1cccc2cccc(N)c21.[I-]. The van der Waals surface area contributed by atoms with Crippen molar-refractivity contribution in [2.24, 2.45) is 7.05 Å². The normalized spacial score (nSPS) is 9.62. The fraction of sp³-hybridized carbons (Fsp3) is 0.100. The molecule has 0 amide bonds. The van der Waals surface area contributed by atoms with Crippen molar-refractivity contribution in [1.29, 1.82) is 0 Å². The molecule has 2 nitrogen and oxygen atoms in total. The van der Waals surface area contributed by atoms with E-state index in [1.54, 1.807) is 0 Å². The molecule has 1 aromatic carbocycles. The van der Waals surface area contributed by atoms with Crippen molar-refractivity contribution >= 4 is 16.6 Å². The molecule has 68 valence electrons. The predicted octanol–water partition coefficient (Wildman–Crippen LogP) is -1.75. The number of halogens is 1. The number of pyridine rings is 1. The average Bonchev–Trinajstić information content (AvgIpc) is 2.04. The lowest BCUT2D eigenvalue weighted by molar-refractivity contribution is -0.644. The standard InChI is InChI=1S/C10H11N2.HI/c1-12-7-3-5-8-4-2-6-9(11)10(8)12;/h2-7H,11H2,1H3;1H/q+1;/p-1. The molecule has 0 saturated carbocycles. The van der Waals surface area contributed by atoms with Crippen LogP contribution in [0.4, 0.5) is 5.69 Å². The molecule has 0 aliphatic heterocycles. The van der Waals surface area contributed by atoms with Crippen LogP contribution < -0.4 is 34.3 Å². The van der Waals surface area contributed by atoms with Crippen LogP contribution in [0.3, 0.4) is 0 Å². The molecule has 1 aromatic heterocycles. The number of hydrogen-bond donors (Lipinski definition) is 1. The summed E-state index contributed by atoms with van der Waals surface area (Å²) in [6, 6.07) is 10.0. The molecule has 0 fully saturated rings. The van der Waals surface area contributed by atoms with Crippen LogP contribution in [0.5, 0.6) is 0 Å². The van der Waals surface area contributed by atoms with Gasteiger partial charge in [-0.05, 0) is 18.2 Å². The van der Waals surface area contributed by atoms with Gasteiger partial charge < -0.3 is 29.7 Å². The van der Waals surface area contributed by atoms with Gasteiger partial charge in [-0.1, -0.05) is 6.07 Å². The first-order valence-corrected chi connectivity index (χ1v) is 3.92. The first kappa shape index (κ1) is 10.2. The van der Waals surface area contributed by atoms with Crippen LogP contribution in [0.1, 0.15) is 0 Å². The van der Waals surface area contributed by atoms with Gasteiger partial charge in [-0.25, -0.2) is 0 Å². The molecule has 0 radical (unpaired) electrons. The van der Waals surface area contributed by atoms with Crippen LogP contribution >= 0.6 is 0 Å². The molecule has 0 aliphatic rings. The maximum atomic E-state index is 5.84. The molecular formula is C10H11IN2. The van der Waals surface area contributed by atoms with Crippen molar-refractivity contribution < 1.29 is 28.5 Å². The fourth-order valence-corrected chi connectivity index (χ4v) is 1.47. The maximum Gasteiger partial charge on any atom is 0.235 e. The summed E-state index contributed by atoms with van der Waals surface area (Å²) in [5, 5.41) is 1.18. The van der Waals surface area contributed by atoms with E-state index in [0.29, 0.717) is 0 Å². The molecule has 2 aromatic rings. The Hall–Kier alpha value is -0.840. The third-order valence-electron chi connectivity index (χ3n) is 2.04. The van der Waals surface area contributed by atoms with E-state index in [2.05, 4.69) is 12.1 Å². The third kappa shape index (κ3) is 1.75. The third-order valence-corrected chi connectivity index (χ3v) is 2.04. The monoisotopic (exact) mass is 286 g/mol. The van der Waals surface area contributed by atoms with E-state index >= 15 is 0 Å². The van der Waals surface area contributed by atoms with Gasteiger partial charge in [-0.2, -0.15) is 4.57 Å². The molecule has 0 aliphatic carbocycles. The molecule has 0 saturated heterocycles. The predicted molar refractivity (Wildman–Crippen MR) is 49.5 cm³/mol. The number of hydrogen-bond acceptors (Lipinski definition) is 1. The van der Waals surface area contributed by atoms with E-state index in [1.165, 1.54) is 5.39 Å². The van der Waals surface area contributed by atoms with E-state index in [4.69, 9.17) is 5.73 Å². The Labute approximate surface area is 94.4 Å². The van der Waals surface area contributed by atoms with Crippen molar-refractivity contribution in [1.82, 2.24) is 0 Å². The molecular weight excluding hydrogens is 275 g/mol. The van der Waals surface area contributed by atoms with Gasteiger partial charge in [0.15, 0.2) is 6.20 Å². The summed E-state index contributed by atoms with van der Waals surface area (Å²) in [6.07, 6.45) is 2.00. The van der Waals surface area contributed by atoms with Gasteiger partial charge in [0.25, 0.3) is 0 Å². The number of fused-ring (bicyclic) bond motifs is 1. The van der Waals surface area contributed by atoms with Gasteiger partial charge in [0.2, 0.25) is 5.52 Å². The highest BCUT2D eigenvalue weighted by Gasteiger charge is 2.05. The summed E-state index contributed by atoms with van der Waals surface area (Å²) < 4.78 is 2.03. The number of nitrogen functional groups attached to an aromatic ring is 1. The summed E-state index contributed by atoms with van der Waals surface area (Å²) in [6.45, 7) is 0. The maximum absolute atomic E-state index is 5.84. The number of aryl methyl sites for hydroxylation is 1. The summed E-state index contributed by atoms with van der Waals surface area (Å²) in [5.74, 6) is 0. The Morgan fingerprint density at radius 3 is 2.54 bits per heavy atom. The van der Waals surface area contributed by atoms with Gasteiger partial charge in [-0.15, -0.1) is 0 Å². The number of anilines is 1. The molecule has 2 N–H and O–H groups in total. The van der Waals surface area contributed by atoms with E-state index in [9.17, 15) is 0 Å². The van der Waals surface area contributed by atoms with E-state index in [1.807, 2.05) is 36.0 Å². The lowest BCUT2D eigenvalue weighted by Crippen LogP contribution is -3.00. The van der Waals surface area contributed by atoms with E-state index in [0.717, 1.165) is 11.2 Å². The van der Waals surface area contributed by atoms with E-state index < -0.39 is 0 Å². The average molecular weight is 286 g/mol. The zero-order valence-corrected chi connectivity index (χ0v) is 9.52. The number of aromatic nitrogens is 1. The second-order valence-electron chi connectivity index (χ2n) is 2.90. The minimum absolute atomic E-state index is 0. The highest BCUT2D eigenvalue weighted by Crippen LogP contribution is 2.15. The second-order valence-corrected chi connectivity index (χ2v) is 2.90. The van der Waals surface area contributed by atoms with Crippen LogP contribution in [0.2, 0.25) is 0 Å². The van der Waals surface area contributed by atoms with Gasteiger partial charge in [0.1, 0.15) is 12.7 Å². The highest BCUT2D eigenvalue weighted by atomic mass is 127. The quantitative estimate of drug-likeness (QED) is 0.347. The Morgan fingerprint density at radius 1 is 1.15 bits per heavy atom. The molecule has 3 heteroatoms. The zero-order chi connectivity index (χ0) is 8.55. The molecule has 13 heavy (non-hydrogen) atoms. The zero-order valence-electron chi connectivity index (χ0n) is 7.37. The van der Waals surface area contributed by atoms with Crippen LogP contribution in [0, 0.1) is 0 Å². The first-order chi connectivity index (χ1) is 5.79. The number of nitrogens with two attached hydrogens (primary N) is 1. The Morgan fingerprint density at radius 2 is 1.85 bits per heavy atom. The molecule has 0 spiro atoms. The van der Waals surface area contributed by atoms with Crippen molar-refractivity contribution in [3.8, 4) is 0 Å². The van der Waals surface area contributed by atoms with Gasteiger partial charge in [0, 0.05) is 11.5 Å². The van der Waals surface area contributed by atoms with E-state index in [-0.39, 0.29) is 24.0 Å². The largest absolute Gasteiger partial charge is 1.00 e. The minimum Gasteiger partial charge on any atom is -1.00 e. The van der Waals surface area contributed by atoms with Crippen molar-refractivity contribution in [2.45, 2.75) is 0 Å². The van der Waals surface area contributed by atoms with Gasteiger partial charge in [-0.3, -0.25) is 0 Å². The number of para-hydroxylation sites is 1. The highest BCUT2D eigenvalue weighted by molar-refractivity contribution is 5.86. The topological polar surface area (TPSA) is 29.9 Å². The molecule has 0 unspecified atom stereocenters. The van der Waals surface area contributed by atoms with Gasteiger partial charge in [0.05, 0.1) is 0 Å². The summed E-state index contributed by atoms with van der Waals surface area (Å²) >= 11 is 0. The van der Waals surface area contributed by atoms with Crippen LogP contribution in [0.15, 0.2) is 36.5 Å². The summed E-state index contributed by atoms with van der Waals surface area (Å²) in [5.41, 5.74) is 7.76. The smallest absolute Gasteiger partial charge is 0.235 e. The Balaban J connectivity index is 0.000000845. The van der Waals surface area contributed by atoms with Crippen LogP contribution in [-0.2, 0) is 7.05 Å². The lowest BCUT2D eigenvalue weighted by atomic mass is 10.2.